The fraction of sp³-hybridized carbons (Fsp3) is 0.133. The molecule has 0 N–H and O–H groups in total. The molecule has 1 aromatic heterocycles. The molecule has 2 aromatic rings. The monoisotopic (exact) mass is 252 g/mol. The van der Waals surface area contributed by atoms with Gasteiger partial charge in [-0.1, -0.05) is 12.1 Å². The summed E-state index contributed by atoms with van der Waals surface area (Å²) >= 11 is 0. The lowest BCUT2D eigenvalue weighted by molar-refractivity contribution is 0.0526. The van der Waals surface area contributed by atoms with Gasteiger partial charge in [-0.25, -0.2) is 4.79 Å². The molecule has 0 bridgehead atoms. The summed E-state index contributed by atoms with van der Waals surface area (Å²) < 4.78 is 4.93. The van der Waals surface area contributed by atoms with Gasteiger partial charge in [0.15, 0.2) is 0 Å². The smallest absolute Gasteiger partial charge is 0.339 e. The number of carbonyl (C=O) groups is 1. The third-order valence-electron chi connectivity index (χ3n) is 2.60. The highest BCUT2D eigenvalue weighted by atomic mass is 16.5. The molecule has 1 heterocycles. The molecule has 0 atom stereocenters. The summed E-state index contributed by atoms with van der Waals surface area (Å²) in [7, 11) is 0. The lowest BCUT2D eigenvalue weighted by Gasteiger charge is -2.04. The molecule has 0 spiro atoms. The van der Waals surface area contributed by atoms with Gasteiger partial charge in [0.1, 0.15) is 0 Å². The van der Waals surface area contributed by atoms with E-state index in [2.05, 4.69) is 11.1 Å². The number of carbonyl (C=O) groups excluding carboxylic acids is 1. The van der Waals surface area contributed by atoms with Gasteiger partial charge in [-0.3, -0.25) is 4.98 Å². The number of nitrogens with zero attached hydrogens (tertiary/aromatic N) is 2. The highest BCUT2D eigenvalue weighted by Crippen LogP contribution is 2.20. The quantitative estimate of drug-likeness (QED) is 0.788. The Morgan fingerprint density at radius 3 is 2.63 bits per heavy atom. The summed E-state index contributed by atoms with van der Waals surface area (Å²) in [6, 6.07) is 10.9. The Morgan fingerprint density at radius 2 is 2.00 bits per heavy atom. The number of hydrogen-bond donors (Lipinski definition) is 0. The molecular weight excluding hydrogens is 240 g/mol. The van der Waals surface area contributed by atoms with Gasteiger partial charge >= 0.3 is 5.97 Å². The number of benzene rings is 1. The van der Waals surface area contributed by atoms with Crippen molar-refractivity contribution in [3.8, 4) is 17.2 Å². The van der Waals surface area contributed by atoms with Gasteiger partial charge < -0.3 is 4.74 Å². The number of rotatable bonds is 3. The fourth-order valence-electron chi connectivity index (χ4n) is 1.66. The SMILES string of the molecule is CCOC(=O)c1cncc(-c2ccc(C#N)cc2)c1. The molecule has 0 saturated heterocycles. The summed E-state index contributed by atoms with van der Waals surface area (Å²) in [5, 5.41) is 8.75. The molecule has 2 rings (SSSR count). The van der Waals surface area contributed by atoms with Gasteiger partial charge in [-0.05, 0) is 30.7 Å². The molecule has 0 saturated carbocycles. The predicted octanol–water partition coefficient (Wildman–Crippen LogP) is 2.80. The zero-order valence-electron chi connectivity index (χ0n) is 10.5. The molecule has 94 valence electrons. The van der Waals surface area contributed by atoms with Crippen molar-refractivity contribution >= 4 is 5.97 Å². The molecule has 4 heteroatoms. The van der Waals surface area contributed by atoms with E-state index in [4.69, 9.17) is 10.00 Å². The van der Waals surface area contributed by atoms with E-state index in [9.17, 15) is 4.79 Å². The maximum Gasteiger partial charge on any atom is 0.339 e. The van der Waals surface area contributed by atoms with E-state index in [-0.39, 0.29) is 5.97 Å². The van der Waals surface area contributed by atoms with Crippen LogP contribution in [0.2, 0.25) is 0 Å². The summed E-state index contributed by atoms with van der Waals surface area (Å²) in [4.78, 5) is 15.7. The third-order valence-corrected chi connectivity index (χ3v) is 2.60. The minimum atomic E-state index is -0.384. The normalized spacial score (nSPS) is 9.68. The van der Waals surface area contributed by atoms with Crippen molar-refractivity contribution in [1.29, 1.82) is 5.26 Å². The van der Waals surface area contributed by atoms with Crippen LogP contribution in [0.4, 0.5) is 0 Å². The molecule has 0 aliphatic carbocycles. The first kappa shape index (κ1) is 12.8. The van der Waals surface area contributed by atoms with Crippen molar-refractivity contribution in [1.82, 2.24) is 4.98 Å². The van der Waals surface area contributed by atoms with Gasteiger partial charge in [0.2, 0.25) is 0 Å². The number of aromatic nitrogens is 1. The Kier molecular flexibility index (Phi) is 3.89. The number of esters is 1. The van der Waals surface area contributed by atoms with Crippen LogP contribution in [0.3, 0.4) is 0 Å². The summed E-state index contributed by atoms with van der Waals surface area (Å²) in [6.07, 6.45) is 3.15. The summed E-state index contributed by atoms with van der Waals surface area (Å²) in [5.41, 5.74) is 2.73. The average Bonchev–Trinajstić information content (AvgIpc) is 2.48. The van der Waals surface area contributed by atoms with Crippen LogP contribution in [0.5, 0.6) is 0 Å². The molecule has 4 nitrogen and oxygen atoms in total. The Labute approximate surface area is 111 Å². The Balaban J connectivity index is 2.32. The number of nitriles is 1. The summed E-state index contributed by atoms with van der Waals surface area (Å²) in [6.45, 7) is 2.09. The third kappa shape index (κ3) is 2.96. The van der Waals surface area contributed by atoms with E-state index < -0.39 is 0 Å². The van der Waals surface area contributed by atoms with Crippen molar-refractivity contribution in [2.75, 3.05) is 6.61 Å². The highest BCUT2D eigenvalue weighted by molar-refractivity contribution is 5.90. The lowest BCUT2D eigenvalue weighted by Crippen LogP contribution is -2.05. The van der Waals surface area contributed by atoms with Gasteiger partial charge in [-0.2, -0.15) is 5.26 Å². The zero-order chi connectivity index (χ0) is 13.7. The van der Waals surface area contributed by atoms with Crippen LogP contribution in [0.15, 0.2) is 42.7 Å². The standard InChI is InChI=1S/C15H12N2O2/c1-2-19-15(18)14-7-13(9-17-10-14)12-5-3-11(8-16)4-6-12/h3-7,9-10H,2H2,1H3. The topological polar surface area (TPSA) is 63.0 Å². The van der Waals surface area contributed by atoms with Gasteiger partial charge in [0, 0.05) is 18.0 Å². The minimum absolute atomic E-state index is 0.333. The molecule has 1 aromatic carbocycles. The van der Waals surface area contributed by atoms with Crippen LogP contribution in [0, 0.1) is 11.3 Å². The summed E-state index contributed by atoms with van der Waals surface area (Å²) in [5.74, 6) is -0.384. The first-order valence-corrected chi connectivity index (χ1v) is 5.87. The molecule has 0 radical (unpaired) electrons. The van der Waals surface area contributed by atoms with Gasteiger partial charge in [0.05, 0.1) is 23.8 Å². The molecule has 0 aliphatic rings. The number of hydrogen-bond acceptors (Lipinski definition) is 4. The van der Waals surface area contributed by atoms with Crippen molar-refractivity contribution < 1.29 is 9.53 Å². The van der Waals surface area contributed by atoms with Crippen molar-refractivity contribution in [3.05, 3.63) is 53.9 Å². The Morgan fingerprint density at radius 1 is 1.26 bits per heavy atom. The van der Waals surface area contributed by atoms with Crippen molar-refractivity contribution in [3.63, 3.8) is 0 Å². The van der Waals surface area contributed by atoms with Crippen LogP contribution in [-0.2, 0) is 4.74 Å². The fourth-order valence-corrected chi connectivity index (χ4v) is 1.66. The van der Waals surface area contributed by atoms with E-state index in [1.165, 1.54) is 6.20 Å². The van der Waals surface area contributed by atoms with Crippen LogP contribution >= 0.6 is 0 Å². The van der Waals surface area contributed by atoms with E-state index >= 15 is 0 Å². The average molecular weight is 252 g/mol. The van der Waals surface area contributed by atoms with Crippen LogP contribution in [0.1, 0.15) is 22.8 Å². The second-order valence-corrected chi connectivity index (χ2v) is 3.87. The molecule has 0 amide bonds. The number of ether oxygens (including phenoxy) is 1. The molecule has 0 aliphatic heterocycles. The van der Waals surface area contributed by atoms with Gasteiger partial charge in [0.25, 0.3) is 0 Å². The molecule has 0 fully saturated rings. The maximum atomic E-state index is 11.6. The highest BCUT2D eigenvalue weighted by Gasteiger charge is 2.08. The van der Waals surface area contributed by atoms with E-state index in [0.717, 1.165) is 11.1 Å². The first-order chi connectivity index (χ1) is 9.24. The van der Waals surface area contributed by atoms with Crippen molar-refractivity contribution in [2.24, 2.45) is 0 Å². The number of pyridine rings is 1. The molecule has 19 heavy (non-hydrogen) atoms. The maximum absolute atomic E-state index is 11.6. The minimum Gasteiger partial charge on any atom is -0.462 e. The Hall–Kier alpha value is -2.67. The lowest BCUT2D eigenvalue weighted by atomic mass is 10.0. The van der Waals surface area contributed by atoms with Crippen LogP contribution < -0.4 is 0 Å². The second kappa shape index (κ2) is 5.78. The van der Waals surface area contributed by atoms with Gasteiger partial charge in [-0.15, -0.1) is 0 Å². The molecule has 0 unspecified atom stereocenters. The second-order valence-electron chi connectivity index (χ2n) is 3.87. The largest absolute Gasteiger partial charge is 0.462 e. The Bertz CT molecular complexity index is 627. The van der Waals surface area contributed by atoms with E-state index in [0.29, 0.717) is 17.7 Å². The zero-order valence-corrected chi connectivity index (χ0v) is 10.5. The van der Waals surface area contributed by atoms with Crippen molar-refractivity contribution in [2.45, 2.75) is 6.92 Å². The van der Waals surface area contributed by atoms with Crippen LogP contribution in [-0.4, -0.2) is 17.6 Å². The van der Waals surface area contributed by atoms with E-state index in [1.54, 1.807) is 31.3 Å². The molecular formula is C15H12N2O2. The van der Waals surface area contributed by atoms with E-state index in [1.807, 2.05) is 12.1 Å². The predicted molar refractivity (Wildman–Crippen MR) is 70.3 cm³/mol. The van der Waals surface area contributed by atoms with Crippen LogP contribution in [0.25, 0.3) is 11.1 Å². The first-order valence-electron chi connectivity index (χ1n) is 5.87.